The average molecular weight is 1360 g/mol. The highest BCUT2D eigenvalue weighted by atomic mass is 16.8. The SMILES string of the molecule is [2H]CC(O)C(O)C1OC(OCC(OC2(C(=O)O)CC(O)C(NOCC)C(C(O)C(O)CO)O2)C(C)(C(COC2(C(=O)O)CC(O)C(NOCC)C(C(O)C(O)CO)O2)OC2(C(=O)O)CC(O)C(NOCC)C(C(O)C(O)CO)O2)C(C(C)C)C(C)C)(C(=O)O)CC(O)C1C. The second-order valence-electron chi connectivity index (χ2n) is 24.7. The molecule has 37 nitrogen and oxygen atoms in total. The number of ether oxygens (including phenoxy) is 8. The minimum absolute atomic E-state index is 0.130. The molecule has 27 atom stereocenters. The molecule has 0 spiro atoms. The number of aliphatic carboxylic acids is 4. The van der Waals surface area contributed by atoms with Gasteiger partial charge in [-0.15, -0.1) is 0 Å². The van der Waals surface area contributed by atoms with Crippen molar-refractivity contribution < 1.29 is 170 Å². The average Bonchev–Trinajstić information content (AvgIpc) is 0.738. The van der Waals surface area contributed by atoms with Crippen LogP contribution in [0.5, 0.6) is 0 Å². The number of hydroxylamine groups is 3. The summed E-state index contributed by atoms with van der Waals surface area (Å²) in [5.41, 5.74) is 4.54. The molecule has 0 saturated carbocycles. The first-order chi connectivity index (χ1) is 43.9. The van der Waals surface area contributed by atoms with Gasteiger partial charge in [0.1, 0.15) is 61.0 Å². The minimum atomic E-state index is -3.50. The van der Waals surface area contributed by atoms with Gasteiger partial charge in [0.2, 0.25) is 0 Å². The minimum Gasteiger partial charge on any atom is -0.477 e. The Balaban J connectivity index is 2.29. The molecule has 93 heavy (non-hydrogen) atoms. The van der Waals surface area contributed by atoms with Crippen molar-refractivity contribution in [1.82, 2.24) is 16.4 Å². The smallest absolute Gasteiger partial charge is 0.364 e. The first-order valence-corrected chi connectivity index (χ1v) is 30.6. The summed E-state index contributed by atoms with van der Waals surface area (Å²) in [7, 11) is 0. The topological polar surface area (TPSA) is 590 Å². The zero-order valence-electron chi connectivity index (χ0n) is 54.2. The van der Waals surface area contributed by atoms with Crippen LogP contribution in [0.4, 0.5) is 0 Å². The van der Waals surface area contributed by atoms with Gasteiger partial charge in [0.05, 0.1) is 120 Å². The van der Waals surface area contributed by atoms with Gasteiger partial charge in [-0.05, 0) is 45.4 Å². The lowest BCUT2D eigenvalue weighted by Crippen LogP contribution is -2.71. The highest BCUT2D eigenvalue weighted by molar-refractivity contribution is 5.77. The van der Waals surface area contributed by atoms with Crippen LogP contribution < -0.4 is 16.4 Å². The van der Waals surface area contributed by atoms with Gasteiger partial charge in [0, 0.05) is 38.4 Å². The van der Waals surface area contributed by atoms with Gasteiger partial charge in [-0.25, -0.2) is 19.2 Å². The first kappa shape index (κ1) is 80.4. The van der Waals surface area contributed by atoms with Gasteiger partial charge >= 0.3 is 23.9 Å². The Labute approximate surface area is 537 Å². The van der Waals surface area contributed by atoms with Crippen LogP contribution in [0.3, 0.4) is 0 Å². The second kappa shape index (κ2) is 35.0. The number of nitrogens with one attached hydrogen (secondary N) is 3. The molecule has 0 aromatic rings. The number of carbonyl (C=O) groups is 4. The van der Waals surface area contributed by atoms with Crippen molar-refractivity contribution in [3.63, 3.8) is 0 Å². The van der Waals surface area contributed by atoms with Crippen molar-refractivity contribution in [2.24, 2.45) is 29.1 Å². The molecule has 4 rings (SSSR count). The quantitative estimate of drug-likeness (QED) is 0.0254. The van der Waals surface area contributed by atoms with E-state index in [0.29, 0.717) is 0 Å². The van der Waals surface area contributed by atoms with Crippen LogP contribution in [0, 0.1) is 29.1 Å². The van der Waals surface area contributed by atoms with E-state index in [4.69, 9.17) is 53.8 Å². The van der Waals surface area contributed by atoms with Gasteiger partial charge in [0.25, 0.3) is 23.1 Å². The van der Waals surface area contributed by atoms with Crippen molar-refractivity contribution in [2.45, 2.75) is 246 Å². The number of aliphatic hydroxyl groups excluding tert-OH is 15. The summed E-state index contributed by atoms with van der Waals surface area (Å²) in [6, 6.07) is -5.13. The predicted molar refractivity (Wildman–Crippen MR) is 306 cm³/mol. The molecule has 0 aromatic carbocycles. The van der Waals surface area contributed by atoms with E-state index in [1.54, 1.807) is 0 Å². The molecule has 0 aliphatic carbocycles. The number of hydrogen-bond donors (Lipinski definition) is 22. The van der Waals surface area contributed by atoms with E-state index < -0.39 is 270 Å². The fraction of sp³-hybridized carbons (Fsp3) is 0.929. The van der Waals surface area contributed by atoms with E-state index in [2.05, 4.69) is 16.4 Å². The Morgan fingerprint density at radius 2 is 0.796 bits per heavy atom. The lowest BCUT2D eigenvalue weighted by atomic mass is 9.60. The van der Waals surface area contributed by atoms with Crippen LogP contribution in [-0.4, -0.2) is 325 Å². The third-order valence-electron chi connectivity index (χ3n) is 17.7. The Hall–Kier alpha value is -3.28. The molecule has 4 fully saturated rings. The highest BCUT2D eigenvalue weighted by Crippen LogP contribution is 2.52. The Morgan fingerprint density at radius 1 is 0.505 bits per heavy atom. The summed E-state index contributed by atoms with van der Waals surface area (Å²) in [5.74, 6) is -26.7. The standard InChI is InChI=1S/C56H101N3O34/c1-11-85-57-37-28(65)15-54(49(77)78,91-45(37)41(72)31(68)18-60)84-22-35(89-56(51(81)82)17-30(67)39(59-87-13-3)47(93-56)43(74)33(70)20-62)52(10,36(23(4)5)24(6)7)34(21-83-53(48(75)76)14-27(64)25(8)44(90-53)40(71)26(9)63)88-55(50(79)80)16-29(66)38(58-86-12-2)46(92-55)42(73)32(69)19-61/h23-47,57-74H,11-22H2,1-10H3,(H,75,76)(H,77,78)(H,79,80)(H,81,82)/i9D. The normalized spacial score (nSPS) is 36.2. The molecule has 22 N–H and O–H groups in total. The zero-order chi connectivity index (χ0) is 71.3. The summed E-state index contributed by atoms with van der Waals surface area (Å²) < 4.78 is 58.1. The van der Waals surface area contributed by atoms with Crippen molar-refractivity contribution >= 4 is 23.9 Å². The number of hydrogen-bond acceptors (Lipinski definition) is 33. The molecule has 27 unspecified atom stereocenters. The maximum absolute atomic E-state index is 14.4. The number of rotatable bonds is 39. The summed E-state index contributed by atoms with van der Waals surface area (Å²) in [6.45, 7) is 5.01. The molecular weight excluding hydrogens is 1260 g/mol. The summed E-state index contributed by atoms with van der Waals surface area (Å²) in [4.78, 5) is 72.6. The molecule has 4 saturated heterocycles. The van der Waals surface area contributed by atoms with Crippen molar-refractivity contribution in [2.75, 3.05) is 52.9 Å². The number of aliphatic hydroxyl groups is 15. The zero-order valence-corrected chi connectivity index (χ0v) is 53.2. The first-order valence-electron chi connectivity index (χ1n) is 31.3. The summed E-state index contributed by atoms with van der Waals surface area (Å²) in [6.07, 6.45) is -44.2. The molecule has 544 valence electrons. The third-order valence-corrected chi connectivity index (χ3v) is 17.7. The third kappa shape index (κ3) is 18.3. The van der Waals surface area contributed by atoms with Crippen LogP contribution in [0.15, 0.2) is 0 Å². The maximum Gasteiger partial charge on any atom is 0.364 e. The molecule has 37 heteroatoms. The van der Waals surface area contributed by atoms with E-state index in [1.807, 2.05) is 0 Å². The molecular formula is C56H101N3O34. The van der Waals surface area contributed by atoms with Crippen LogP contribution >= 0.6 is 0 Å². The van der Waals surface area contributed by atoms with Gasteiger partial charge in [-0.2, -0.15) is 16.4 Å². The van der Waals surface area contributed by atoms with Crippen molar-refractivity contribution in [3.8, 4) is 0 Å². The van der Waals surface area contributed by atoms with Crippen LogP contribution in [0.25, 0.3) is 0 Å². The maximum atomic E-state index is 14.4. The van der Waals surface area contributed by atoms with E-state index in [0.717, 1.165) is 6.92 Å². The van der Waals surface area contributed by atoms with Crippen molar-refractivity contribution in [1.29, 1.82) is 0 Å². The monoisotopic (exact) mass is 1360 g/mol. The molecule has 0 aromatic heterocycles. The molecule has 4 aliphatic rings. The predicted octanol–water partition coefficient (Wildman–Crippen LogP) is -7.30. The molecule has 0 radical (unpaired) electrons. The van der Waals surface area contributed by atoms with Gasteiger partial charge < -0.3 is 149 Å². The molecule has 0 bridgehead atoms. The summed E-state index contributed by atoms with van der Waals surface area (Å²) in [5, 5.41) is 213. The number of carboxylic acid groups (broad SMARTS) is 4. The Bertz CT molecular complexity index is 2360. The van der Waals surface area contributed by atoms with Crippen molar-refractivity contribution in [3.05, 3.63) is 0 Å². The Kier molecular flexibility index (Phi) is 30.2. The largest absolute Gasteiger partial charge is 0.477 e. The van der Waals surface area contributed by atoms with Crippen LogP contribution in [-0.2, 0) is 71.6 Å². The summed E-state index contributed by atoms with van der Waals surface area (Å²) >= 11 is 0. The van der Waals surface area contributed by atoms with E-state index in [-0.39, 0.29) is 19.8 Å². The highest BCUT2D eigenvalue weighted by Gasteiger charge is 2.66. The van der Waals surface area contributed by atoms with Crippen LogP contribution in [0.2, 0.25) is 0 Å². The van der Waals surface area contributed by atoms with Gasteiger partial charge in [0.15, 0.2) is 0 Å². The van der Waals surface area contributed by atoms with Gasteiger partial charge in [-0.1, -0.05) is 41.5 Å². The lowest BCUT2D eigenvalue weighted by molar-refractivity contribution is -0.382. The lowest BCUT2D eigenvalue weighted by Gasteiger charge is -2.56. The van der Waals surface area contributed by atoms with Gasteiger partial charge in [-0.3, -0.25) is 0 Å². The fourth-order valence-corrected chi connectivity index (χ4v) is 12.9. The van der Waals surface area contributed by atoms with E-state index in [9.17, 15) is 116 Å². The van der Waals surface area contributed by atoms with E-state index in [1.165, 1.54) is 55.4 Å². The molecule has 4 aliphatic heterocycles. The number of carboxylic acids is 4. The Morgan fingerprint density at radius 3 is 1.08 bits per heavy atom. The molecule has 0 amide bonds. The fourth-order valence-electron chi connectivity index (χ4n) is 12.9. The second-order valence-corrected chi connectivity index (χ2v) is 24.7. The molecule has 4 heterocycles. The van der Waals surface area contributed by atoms with E-state index >= 15 is 0 Å². The van der Waals surface area contributed by atoms with Crippen LogP contribution in [0.1, 0.15) is 96.3 Å².